The Balaban J connectivity index is 1.67. The Morgan fingerprint density at radius 3 is 2.72 bits per heavy atom. The van der Waals surface area contributed by atoms with Crippen LogP contribution in [0.5, 0.6) is 0 Å². The maximum absolute atomic E-state index is 13.0. The number of anilines is 1. The number of carbonyl (C=O) groups is 1. The second kappa shape index (κ2) is 8.26. The number of oxazole rings is 1. The van der Waals surface area contributed by atoms with Gasteiger partial charge < -0.3 is 14.3 Å². The van der Waals surface area contributed by atoms with Crippen LogP contribution in [0.15, 0.2) is 46.2 Å². The van der Waals surface area contributed by atoms with E-state index in [0.717, 1.165) is 17.7 Å². The largest absolute Gasteiger partial charge is 0.439 e. The van der Waals surface area contributed by atoms with E-state index in [-0.39, 0.29) is 16.6 Å². The topological polar surface area (TPSA) is 98.7 Å². The van der Waals surface area contributed by atoms with Crippen molar-refractivity contribution in [2.24, 2.45) is 7.05 Å². The number of alkyl halides is 3. The van der Waals surface area contributed by atoms with E-state index in [1.54, 1.807) is 23.9 Å². The predicted octanol–water partition coefficient (Wildman–Crippen LogP) is 4.78. The molecule has 0 aliphatic heterocycles. The summed E-state index contributed by atoms with van der Waals surface area (Å²) in [6.45, 7) is 3.62. The lowest BCUT2D eigenvalue weighted by Gasteiger charge is -2.13. The monoisotopic (exact) mass is 462 g/mol. The summed E-state index contributed by atoms with van der Waals surface area (Å²) in [5, 5.41) is 11.1. The van der Waals surface area contributed by atoms with E-state index in [0.29, 0.717) is 22.1 Å². The average molecular weight is 462 g/mol. The van der Waals surface area contributed by atoms with Crippen LogP contribution in [0.3, 0.4) is 0 Å². The number of hydrogen-bond acceptors (Lipinski definition) is 7. The van der Waals surface area contributed by atoms with E-state index in [2.05, 4.69) is 25.5 Å². The quantitative estimate of drug-likeness (QED) is 0.426. The number of pyridine rings is 1. The number of carbonyl (C=O) groups excluding carboxylic acids is 1. The molecule has 0 saturated heterocycles. The minimum atomic E-state index is -4.65. The normalized spacial score (nSPS) is 12.8. The van der Waals surface area contributed by atoms with Crippen molar-refractivity contribution in [2.75, 3.05) is 5.32 Å². The summed E-state index contributed by atoms with van der Waals surface area (Å²) < 4.78 is 46.3. The smallest absolute Gasteiger partial charge is 0.433 e. The van der Waals surface area contributed by atoms with Gasteiger partial charge in [0.1, 0.15) is 23.2 Å². The number of aryl methyl sites for hydroxylation is 2. The Labute approximate surface area is 184 Å². The van der Waals surface area contributed by atoms with E-state index in [9.17, 15) is 18.0 Å². The van der Waals surface area contributed by atoms with Gasteiger partial charge >= 0.3 is 6.18 Å². The molecule has 0 radical (unpaired) electrons. The van der Waals surface area contributed by atoms with E-state index in [1.807, 2.05) is 20.0 Å². The minimum Gasteiger partial charge on any atom is -0.439 e. The molecule has 8 nitrogen and oxygen atoms in total. The molecule has 0 saturated carbocycles. The number of rotatable bonds is 5. The van der Waals surface area contributed by atoms with Gasteiger partial charge in [-0.15, -0.1) is 10.2 Å². The summed E-state index contributed by atoms with van der Waals surface area (Å²) in [5.74, 6) is -0.407. The lowest BCUT2D eigenvalue weighted by Crippen LogP contribution is -2.17. The van der Waals surface area contributed by atoms with E-state index in [1.165, 1.54) is 17.8 Å². The second-order valence-corrected chi connectivity index (χ2v) is 8.30. The molecule has 0 aliphatic rings. The van der Waals surface area contributed by atoms with Crippen molar-refractivity contribution in [2.45, 2.75) is 30.4 Å². The van der Waals surface area contributed by atoms with Crippen molar-refractivity contribution < 1.29 is 22.4 Å². The van der Waals surface area contributed by atoms with Gasteiger partial charge in [0.15, 0.2) is 16.6 Å². The molecule has 4 rings (SSSR count). The van der Waals surface area contributed by atoms with Crippen LogP contribution >= 0.6 is 11.8 Å². The molecule has 0 spiro atoms. The summed E-state index contributed by atoms with van der Waals surface area (Å²) in [7, 11) is 1.83. The molecule has 3 aromatic heterocycles. The molecular weight excluding hydrogens is 445 g/mol. The van der Waals surface area contributed by atoms with Gasteiger partial charge in [0.05, 0.1) is 5.69 Å². The maximum atomic E-state index is 13.0. The Hall–Kier alpha value is -3.41. The Morgan fingerprint density at radius 2 is 2.03 bits per heavy atom. The summed E-state index contributed by atoms with van der Waals surface area (Å²) in [6, 6.07) is 6.68. The molecule has 0 unspecified atom stereocenters. The number of halogens is 3. The zero-order chi connectivity index (χ0) is 23.0. The highest BCUT2D eigenvalue weighted by molar-refractivity contribution is 7.99. The standard InChI is InChI=1S/C20H17F3N6O2S/c1-10(32-19-28-24-9-29(19)3)12-7-14-17(31-11(2)25-14)15(8-12)27-18(30)13-5-4-6-16(26-13)20(21,22)23/h4-10H,1-3H3,(H,27,30)/t10-/m0/s1. The number of benzene rings is 1. The number of hydrogen-bond donors (Lipinski definition) is 1. The zero-order valence-corrected chi connectivity index (χ0v) is 18.0. The van der Waals surface area contributed by atoms with Crippen LogP contribution in [0, 0.1) is 6.92 Å². The Bertz CT molecular complexity index is 1300. The van der Waals surface area contributed by atoms with Crippen LogP contribution in [0.2, 0.25) is 0 Å². The first-order valence-electron chi connectivity index (χ1n) is 9.39. The first-order chi connectivity index (χ1) is 15.1. The van der Waals surface area contributed by atoms with Crippen LogP contribution in [0.4, 0.5) is 18.9 Å². The van der Waals surface area contributed by atoms with Gasteiger partial charge in [0.25, 0.3) is 5.91 Å². The Kier molecular flexibility index (Phi) is 5.63. The highest BCUT2D eigenvalue weighted by atomic mass is 32.2. The second-order valence-electron chi connectivity index (χ2n) is 6.99. The fourth-order valence-corrected chi connectivity index (χ4v) is 3.90. The third-order valence-corrected chi connectivity index (χ3v) is 5.77. The lowest BCUT2D eigenvalue weighted by atomic mass is 10.1. The van der Waals surface area contributed by atoms with Gasteiger partial charge in [-0.25, -0.2) is 9.97 Å². The molecule has 1 atom stereocenters. The van der Waals surface area contributed by atoms with Gasteiger partial charge in [-0.2, -0.15) is 13.2 Å². The Morgan fingerprint density at radius 1 is 1.25 bits per heavy atom. The molecule has 0 aliphatic carbocycles. The predicted molar refractivity (Wildman–Crippen MR) is 111 cm³/mol. The van der Waals surface area contributed by atoms with Crippen LogP contribution in [-0.2, 0) is 13.2 Å². The fourth-order valence-electron chi connectivity index (χ4n) is 3.00. The third-order valence-electron chi connectivity index (χ3n) is 4.56. The SMILES string of the molecule is Cc1nc2cc([C@H](C)Sc3nncn3C)cc(NC(=O)c3cccc(C(F)(F)F)n3)c2o1. The molecule has 32 heavy (non-hydrogen) atoms. The molecular formula is C20H17F3N6O2S. The zero-order valence-electron chi connectivity index (χ0n) is 17.1. The van der Waals surface area contributed by atoms with Crippen LogP contribution in [0.25, 0.3) is 11.1 Å². The van der Waals surface area contributed by atoms with Crippen molar-refractivity contribution >= 4 is 34.5 Å². The average Bonchev–Trinajstić information content (AvgIpc) is 3.31. The number of nitrogens with zero attached hydrogens (tertiary/aromatic N) is 5. The van der Waals surface area contributed by atoms with Crippen LogP contribution < -0.4 is 5.32 Å². The van der Waals surface area contributed by atoms with Crippen LogP contribution in [0.1, 0.15) is 39.8 Å². The molecule has 166 valence electrons. The summed E-state index contributed by atoms with van der Waals surface area (Å²) in [5.41, 5.74) is 0.420. The molecule has 0 bridgehead atoms. The molecule has 1 N–H and O–H groups in total. The number of amides is 1. The summed E-state index contributed by atoms with van der Waals surface area (Å²) in [4.78, 5) is 20.5. The molecule has 3 heterocycles. The number of fused-ring (bicyclic) bond motifs is 1. The fraction of sp³-hybridized carbons (Fsp3) is 0.250. The first kappa shape index (κ1) is 21.8. The van der Waals surface area contributed by atoms with E-state index < -0.39 is 17.8 Å². The van der Waals surface area contributed by atoms with Crippen molar-refractivity contribution in [3.63, 3.8) is 0 Å². The first-order valence-corrected chi connectivity index (χ1v) is 10.3. The van der Waals surface area contributed by atoms with E-state index in [4.69, 9.17) is 4.42 Å². The summed E-state index contributed by atoms with van der Waals surface area (Å²) >= 11 is 1.45. The van der Waals surface area contributed by atoms with Gasteiger partial charge in [-0.05, 0) is 36.8 Å². The van der Waals surface area contributed by atoms with Gasteiger partial charge in [0, 0.05) is 19.2 Å². The molecule has 1 amide bonds. The third kappa shape index (κ3) is 4.44. The van der Waals surface area contributed by atoms with E-state index >= 15 is 0 Å². The molecule has 12 heteroatoms. The molecule has 4 aromatic rings. The van der Waals surface area contributed by atoms with Gasteiger partial charge in [0.2, 0.25) is 0 Å². The number of thioether (sulfide) groups is 1. The maximum Gasteiger partial charge on any atom is 0.433 e. The molecule has 0 fully saturated rings. The van der Waals surface area contributed by atoms with Crippen molar-refractivity contribution in [1.29, 1.82) is 0 Å². The van der Waals surface area contributed by atoms with Crippen molar-refractivity contribution in [3.8, 4) is 0 Å². The summed E-state index contributed by atoms with van der Waals surface area (Å²) in [6.07, 6.45) is -3.06. The van der Waals surface area contributed by atoms with Gasteiger partial charge in [-0.3, -0.25) is 4.79 Å². The molecule has 1 aromatic carbocycles. The van der Waals surface area contributed by atoms with Crippen LogP contribution in [-0.4, -0.2) is 30.6 Å². The number of nitrogens with one attached hydrogen (secondary N) is 1. The van der Waals surface area contributed by atoms with Gasteiger partial charge in [-0.1, -0.05) is 17.8 Å². The van der Waals surface area contributed by atoms with Crippen molar-refractivity contribution in [3.05, 3.63) is 59.5 Å². The lowest BCUT2D eigenvalue weighted by molar-refractivity contribution is -0.141. The number of aromatic nitrogens is 5. The highest BCUT2D eigenvalue weighted by Gasteiger charge is 2.33. The van der Waals surface area contributed by atoms with Crippen molar-refractivity contribution in [1.82, 2.24) is 24.7 Å². The highest BCUT2D eigenvalue weighted by Crippen LogP contribution is 2.37. The minimum absolute atomic E-state index is 0.0957.